The second-order valence-corrected chi connectivity index (χ2v) is 8.76. The van der Waals surface area contributed by atoms with Gasteiger partial charge in [0.2, 0.25) is 5.95 Å². The third-order valence-corrected chi connectivity index (χ3v) is 6.82. The second kappa shape index (κ2) is 8.20. The fourth-order valence-electron chi connectivity index (χ4n) is 4.16. The van der Waals surface area contributed by atoms with E-state index in [1.54, 1.807) is 28.2 Å². The third kappa shape index (κ3) is 3.34. The Kier molecular flexibility index (Phi) is 4.88. The number of esters is 1. The summed E-state index contributed by atoms with van der Waals surface area (Å²) in [6, 6.07) is 25.1. The van der Waals surface area contributed by atoms with Crippen LogP contribution in [0.5, 0.6) is 0 Å². The first-order valence-electron chi connectivity index (χ1n) is 10.6. The van der Waals surface area contributed by atoms with E-state index in [-0.39, 0.29) is 12.0 Å². The van der Waals surface area contributed by atoms with Gasteiger partial charge in [-0.05, 0) is 45.8 Å². The number of aromatic nitrogens is 5. The molecule has 8 nitrogen and oxygen atoms in total. The van der Waals surface area contributed by atoms with Gasteiger partial charge in [-0.1, -0.05) is 59.7 Å². The van der Waals surface area contributed by atoms with Crippen LogP contribution in [0.1, 0.15) is 32.5 Å². The van der Waals surface area contributed by atoms with Crippen LogP contribution in [-0.2, 0) is 4.74 Å². The number of nitrogens with zero attached hydrogens (tertiary/aromatic N) is 5. The molecule has 166 valence electrons. The fourth-order valence-corrected chi connectivity index (χ4v) is 5.20. The molecule has 0 saturated heterocycles. The minimum absolute atomic E-state index is 0.353. The van der Waals surface area contributed by atoms with Gasteiger partial charge in [0.25, 0.3) is 0 Å². The van der Waals surface area contributed by atoms with Crippen molar-refractivity contribution in [3.8, 4) is 0 Å². The SMILES string of the molecule is COC(=O)c1ccc([C@H]2C(c3nc4ccccc4s3)=C(c3ccccc3)Nc3nnnn32)cc1. The molecule has 3 heterocycles. The Morgan fingerprint density at radius 3 is 2.53 bits per heavy atom. The Hall–Kier alpha value is -4.37. The Bertz CT molecular complexity index is 1510. The molecule has 34 heavy (non-hydrogen) atoms. The van der Waals surface area contributed by atoms with Crippen molar-refractivity contribution >= 4 is 44.7 Å². The molecule has 1 aliphatic heterocycles. The summed E-state index contributed by atoms with van der Waals surface area (Å²) in [6.07, 6.45) is 0. The zero-order chi connectivity index (χ0) is 23.1. The molecular formula is C25H18N6O2S. The van der Waals surface area contributed by atoms with E-state index in [0.29, 0.717) is 11.5 Å². The van der Waals surface area contributed by atoms with Crippen LogP contribution >= 0.6 is 11.3 Å². The van der Waals surface area contributed by atoms with Crippen molar-refractivity contribution in [1.29, 1.82) is 0 Å². The molecular weight excluding hydrogens is 448 g/mol. The van der Waals surface area contributed by atoms with E-state index < -0.39 is 0 Å². The molecule has 0 radical (unpaired) electrons. The molecule has 1 atom stereocenters. The lowest BCUT2D eigenvalue weighted by Gasteiger charge is -2.29. The summed E-state index contributed by atoms with van der Waals surface area (Å²) in [5.41, 5.74) is 5.19. The highest BCUT2D eigenvalue weighted by molar-refractivity contribution is 7.19. The summed E-state index contributed by atoms with van der Waals surface area (Å²) in [5, 5.41) is 16.7. The second-order valence-electron chi connectivity index (χ2n) is 7.73. The maximum Gasteiger partial charge on any atom is 0.337 e. The highest BCUT2D eigenvalue weighted by Crippen LogP contribution is 2.45. The van der Waals surface area contributed by atoms with Gasteiger partial charge in [-0.3, -0.25) is 0 Å². The molecule has 0 spiro atoms. The number of tetrazole rings is 1. The van der Waals surface area contributed by atoms with Crippen molar-refractivity contribution in [2.75, 3.05) is 12.4 Å². The van der Waals surface area contributed by atoms with Crippen molar-refractivity contribution in [1.82, 2.24) is 25.2 Å². The van der Waals surface area contributed by atoms with Gasteiger partial charge in [0.05, 0.1) is 28.6 Å². The highest BCUT2D eigenvalue weighted by atomic mass is 32.1. The third-order valence-electron chi connectivity index (χ3n) is 5.75. The molecule has 5 aromatic rings. The van der Waals surface area contributed by atoms with E-state index in [2.05, 4.69) is 26.9 Å². The van der Waals surface area contributed by atoms with E-state index in [9.17, 15) is 4.79 Å². The normalized spacial score (nSPS) is 15.1. The van der Waals surface area contributed by atoms with Crippen LogP contribution in [0.4, 0.5) is 5.95 Å². The van der Waals surface area contributed by atoms with Gasteiger partial charge in [0, 0.05) is 5.57 Å². The molecule has 0 amide bonds. The van der Waals surface area contributed by atoms with Crippen LogP contribution in [0.3, 0.4) is 0 Å². The molecule has 0 bridgehead atoms. The Morgan fingerprint density at radius 1 is 1.00 bits per heavy atom. The van der Waals surface area contributed by atoms with Gasteiger partial charge in [-0.15, -0.1) is 11.3 Å². The number of ether oxygens (including phenoxy) is 1. The summed E-state index contributed by atoms with van der Waals surface area (Å²) in [4.78, 5) is 17.0. The van der Waals surface area contributed by atoms with Gasteiger partial charge in [0.15, 0.2) is 0 Å². The number of para-hydroxylation sites is 1. The number of benzene rings is 3. The number of nitrogens with one attached hydrogen (secondary N) is 1. The van der Waals surface area contributed by atoms with Crippen molar-refractivity contribution < 1.29 is 9.53 Å². The summed E-state index contributed by atoms with van der Waals surface area (Å²) < 4.78 is 7.71. The summed E-state index contributed by atoms with van der Waals surface area (Å²) >= 11 is 1.62. The van der Waals surface area contributed by atoms with Crippen molar-refractivity contribution in [2.45, 2.75) is 6.04 Å². The summed E-state index contributed by atoms with van der Waals surface area (Å²) in [6.45, 7) is 0. The Morgan fingerprint density at radius 2 is 1.76 bits per heavy atom. The van der Waals surface area contributed by atoms with Crippen LogP contribution in [0.25, 0.3) is 21.5 Å². The minimum Gasteiger partial charge on any atom is -0.465 e. The quantitative estimate of drug-likeness (QED) is 0.385. The molecule has 6 rings (SSSR count). The van der Waals surface area contributed by atoms with Gasteiger partial charge in [-0.2, -0.15) is 4.68 Å². The van der Waals surface area contributed by atoms with Crippen molar-refractivity contribution in [3.63, 3.8) is 0 Å². The number of allylic oxidation sites excluding steroid dienone is 1. The topological polar surface area (TPSA) is 94.8 Å². The van der Waals surface area contributed by atoms with E-state index in [4.69, 9.17) is 9.72 Å². The zero-order valence-corrected chi connectivity index (χ0v) is 18.9. The highest BCUT2D eigenvalue weighted by Gasteiger charge is 2.34. The lowest BCUT2D eigenvalue weighted by Crippen LogP contribution is -2.24. The average Bonchev–Trinajstić information content (AvgIpc) is 3.54. The number of rotatable bonds is 4. The molecule has 0 fully saturated rings. The van der Waals surface area contributed by atoms with Gasteiger partial charge >= 0.3 is 5.97 Å². The molecule has 0 unspecified atom stereocenters. The number of thiazole rings is 1. The van der Waals surface area contributed by atoms with Crippen LogP contribution in [-0.4, -0.2) is 38.3 Å². The molecule has 2 aromatic heterocycles. The van der Waals surface area contributed by atoms with Gasteiger partial charge < -0.3 is 10.1 Å². The molecule has 3 aromatic carbocycles. The fraction of sp³-hybridized carbons (Fsp3) is 0.0800. The van der Waals surface area contributed by atoms with Crippen LogP contribution in [0, 0.1) is 0 Å². The maximum atomic E-state index is 12.0. The van der Waals surface area contributed by atoms with Gasteiger partial charge in [-0.25, -0.2) is 9.78 Å². The number of carbonyl (C=O) groups is 1. The first kappa shape index (κ1) is 20.3. The van der Waals surface area contributed by atoms with Crippen molar-refractivity contribution in [3.05, 3.63) is 101 Å². The molecule has 1 N–H and O–H groups in total. The first-order valence-corrected chi connectivity index (χ1v) is 11.4. The standard InChI is InChI=1S/C25H18N6O2S/c1-33-24(32)17-13-11-16(12-14-17)22-20(23-26-18-9-5-6-10-19(18)34-23)21(15-7-3-2-4-8-15)27-25-28-29-30-31(22)25/h2-14,22H,1H3,(H,27,28,30)/t22-/m0/s1. The predicted octanol–water partition coefficient (Wildman–Crippen LogP) is 4.65. The van der Waals surface area contributed by atoms with Crippen LogP contribution in [0.2, 0.25) is 0 Å². The summed E-state index contributed by atoms with van der Waals surface area (Å²) in [7, 11) is 1.37. The van der Waals surface area contributed by atoms with E-state index in [1.807, 2.05) is 60.7 Å². The average molecular weight is 467 g/mol. The van der Waals surface area contributed by atoms with Crippen LogP contribution in [0.15, 0.2) is 78.9 Å². The maximum absolute atomic E-state index is 12.0. The molecule has 9 heteroatoms. The van der Waals surface area contributed by atoms with E-state index in [0.717, 1.165) is 37.6 Å². The lowest BCUT2D eigenvalue weighted by atomic mass is 9.92. The van der Waals surface area contributed by atoms with E-state index in [1.165, 1.54) is 7.11 Å². The smallest absolute Gasteiger partial charge is 0.337 e. The monoisotopic (exact) mass is 466 g/mol. The van der Waals surface area contributed by atoms with E-state index >= 15 is 0 Å². The molecule has 0 aliphatic carbocycles. The predicted molar refractivity (Wildman–Crippen MR) is 130 cm³/mol. The number of hydrogen-bond donors (Lipinski definition) is 1. The number of methoxy groups -OCH3 is 1. The number of hydrogen-bond acceptors (Lipinski definition) is 8. The Balaban J connectivity index is 1.60. The summed E-state index contributed by atoms with van der Waals surface area (Å²) in [5.74, 6) is 0.151. The first-order chi connectivity index (χ1) is 16.7. The zero-order valence-electron chi connectivity index (χ0n) is 18.0. The molecule has 1 aliphatic rings. The Labute approximate surface area is 198 Å². The number of anilines is 1. The number of fused-ring (bicyclic) bond motifs is 2. The largest absolute Gasteiger partial charge is 0.465 e. The molecule has 0 saturated carbocycles. The van der Waals surface area contributed by atoms with Gasteiger partial charge in [0.1, 0.15) is 11.0 Å². The van der Waals surface area contributed by atoms with Crippen LogP contribution < -0.4 is 5.32 Å². The minimum atomic E-state index is -0.383. The van der Waals surface area contributed by atoms with Crippen molar-refractivity contribution in [2.24, 2.45) is 0 Å². The lowest BCUT2D eigenvalue weighted by molar-refractivity contribution is 0.0600. The number of carbonyl (C=O) groups excluding carboxylic acids is 1.